The van der Waals surface area contributed by atoms with Crippen LogP contribution in [-0.2, 0) is 4.79 Å². The third kappa shape index (κ3) is 3.21. The number of hydrogen-bond donors (Lipinski definition) is 1. The molecular weight excluding hydrogens is 138 g/mol. The Morgan fingerprint density at radius 3 is 2.09 bits per heavy atom. The van der Waals surface area contributed by atoms with Crippen LogP contribution in [0.15, 0.2) is 11.8 Å². The summed E-state index contributed by atoms with van der Waals surface area (Å²) in [6, 6.07) is 0. The van der Waals surface area contributed by atoms with Gasteiger partial charge in [0, 0.05) is 24.2 Å². The summed E-state index contributed by atoms with van der Waals surface area (Å²) in [6.07, 6.45) is 1.73. The van der Waals surface area contributed by atoms with Crippen molar-refractivity contribution in [3.05, 3.63) is 11.8 Å². The number of nitrogens with one attached hydrogen (secondary N) is 1. The molecule has 1 N–H and O–H groups in total. The number of hydrogen-bond acceptors (Lipinski definition) is 2. The fourth-order valence-electron chi connectivity index (χ4n) is 0.874. The molecule has 0 saturated heterocycles. The van der Waals surface area contributed by atoms with Crippen LogP contribution in [0.2, 0.25) is 0 Å². The smallest absolute Gasteiger partial charge is 0.165 e. The van der Waals surface area contributed by atoms with E-state index in [1.165, 1.54) is 0 Å². The minimum atomic E-state index is -0.266. The van der Waals surface area contributed by atoms with Crippen LogP contribution in [0.4, 0.5) is 0 Å². The quantitative estimate of drug-likeness (QED) is 0.615. The van der Waals surface area contributed by atoms with Crippen LogP contribution in [0, 0.1) is 5.41 Å². The van der Waals surface area contributed by atoms with E-state index in [-0.39, 0.29) is 11.2 Å². The predicted octanol–water partition coefficient (Wildman–Crippen LogP) is 1.72. The standard InChI is InChI=1S/C9H17NO/c1-7(6-10-5)8(11)9(2,3)4/h6,10H,1-5H3/b7-6-. The van der Waals surface area contributed by atoms with Crippen LogP contribution < -0.4 is 5.32 Å². The molecule has 64 valence electrons. The molecule has 0 heterocycles. The molecule has 0 radical (unpaired) electrons. The van der Waals surface area contributed by atoms with Crippen LogP contribution >= 0.6 is 0 Å². The summed E-state index contributed by atoms with van der Waals surface area (Å²) in [4.78, 5) is 11.4. The summed E-state index contributed by atoms with van der Waals surface area (Å²) in [5.41, 5.74) is 0.511. The van der Waals surface area contributed by atoms with Crippen molar-refractivity contribution in [1.29, 1.82) is 0 Å². The predicted molar refractivity (Wildman–Crippen MR) is 47.3 cm³/mol. The zero-order valence-corrected chi connectivity index (χ0v) is 7.99. The van der Waals surface area contributed by atoms with Gasteiger partial charge in [-0.05, 0) is 6.92 Å². The highest BCUT2D eigenvalue weighted by atomic mass is 16.1. The fraction of sp³-hybridized carbons (Fsp3) is 0.667. The second-order valence-corrected chi connectivity index (χ2v) is 3.70. The Labute approximate surface area is 68.7 Å². The Hall–Kier alpha value is -0.790. The summed E-state index contributed by atoms with van der Waals surface area (Å²) in [7, 11) is 1.79. The van der Waals surface area contributed by atoms with Crippen molar-refractivity contribution in [2.45, 2.75) is 27.7 Å². The molecular formula is C9H17NO. The Kier molecular flexibility index (Phi) is 3.30. The Morgan fingerprint density at radius 1 is 1.36 bits per heavy atom. The van der Waals surface area contributed by atoms with E-state index in [4.69, 9.17) is 0 Å². The zero-order valence-electron chi connectivity index (χ0n) is 7.99. The van der Waals surface area contributed by atoms with E-state index in [0.29, 0.717) is 0 Å². The number of carbonyl (C=O) groups is 1. The summed E-state index contributed by atoms with van der Waals surface area (Å²) < 4.78 is 0. The van der Waals surface area contributed by atoms with Crippen LogP contribution in [0.25, 0.3) is 0 Å². The van der Waals surface area contributed by atoms with Crippen molar-refractivity contribution in [3.63, 3.8) is 0 Å². The molecule has 0 unspecified atom stereocenters. The average molecular weight is 155 g/mol. The number of Topliss-reactive ketones (excluding diaryl/α,β-unsaturated/α-hetero) is 1. The molecule has 2 heteroatoms. The van der Waals surface area contributed by atoms with Gasteiger partial charge in [-0.25, -0.2) is 0 Å². The minimum Gasteiger partial charge on any atom is -0.394 e. The van der Waals surface area contributed by atoms with Crippen molar-refractivity contribution in [1.82, 2.24) is 5.32 Å². The second kappa shape index (κ2) is 3.56. The lowest BCUT2D eigenvalue weighted by molar-refractivity contribution is -0.122. The van der Waals surface area contributed by atoms with E-state index < -0.39 is 0 Å². The van der Waals surface area contributed by atoms with Crippen LogP contribution in [-0.4, -0.2) is 12.8 Å². The van der Waals surface area contributed by atoms with Gasteiger partial charge in [-0.3, -0.25) is 4.79 Å². The van der Waals surface area contributed by atoms with Gasteiger partial charge < -0.3 is 5.32 Å². The third-order valence-electron chi connectivity index (χ3n) is 1.40. The summed E-state index contributed by atoms with van der Waals surface area (Å²) in [5.74, 6) is 0.187. The topological polar surface area (TPSA) is 29.1 Å². The Balaban J connectivity index is 4.39. The molecule has 0 spiro atoms. The molecule has 0 fully saturated rings. The van der Waals surface area contributed by atoms with Gasteiger partial charge in [0.05, 0.1) is 0 Å². The van der Waals surface area contributed by atoms with Crippen molar-refractivity contribution in [2.24, 2.45) is 5.41 Å². The first-order valence-corrected chi connectivity index (χ1v) is 3.78. The highest BCUT2D eigenvalue weighted by Crippen LogP contribution is 2.18. The first-order valence-electron chi connectivity index (χ1n) is 3.78. The molecule has 0 aromatic carbocycles. The average Bonchev–Trinajstić information content (AvgIpc) is 1.85. The first kappa shape index (κ1) is 10.2. The normalized spacial score (nSPS) is 13.0. The summed E-state index contributed by atoms with van der Waals surface area (Å²) in [6.45, 7) is 7.58. The highest BCUT2D eigenvalue weighted by molar-refractivity contribution is 5.98. The molecule has 0 aromatic heterocycles. The zero-order chi connectivity index (χ0) is 9.07. The Bertz CT molecular complexity index is 174. The number of allylic oxidation sites excluding steroid dienone is 1. The SMILES string of the molecule is CN/C=C(/C)C(=O)C(C)(C)C. The van der Waals surface area contributed by atoms with E-state index in [9.17, 15) is 4.79 Å². The Morgan fingerprint density at radius 2 is 1.82 bits per heavy atom. The number of ketones is 1. The molecule has 0 bridgehead atoms. The van der Waals surface area contributed by atoms with E-state index >= 15 is 0 Å². The molecule has 2 nitrogen and oxygen atoms in total. The molecule has 0 atom stereocenters. The van der Waals surface area contributed by atoms with Crippen molar-refractivity contribution >= 4 is 5.78 Å². The lowest BCUT2D eigenvalue weighted by atomic mass is 9.87. The molecule has 0 rings (SSSR count). The molecule has 0 amide bonds. The van der Waals surface area contributed by atoms with Gasteiger partial charge >= 0.3 is 0 Å². The fourth-order valence-corrected chi connectivity index (χ4v) is 0.874. The van der Waals surface area contributed by atoms with Crippen LogP contribution in [0.1, 0.15) is 27.7 Å². The maximum atomic E-state index is 11.4. The van der Waals surface area contributed by atoms with E-state index in [1.807, 2.05) is 27.7 Å². The molecule has 0 aliphatic carbocycles. The van der Waals surface area contributed by atoms with Crippen LogP contribution in [0.5, 0.6) is 0 Å². The molecule has 0 aromatic rings. The summed E-state index contributed by atoms with van der Waals surface area (Å²) >= 11 is 0. The van der Waals surface area contributed by atoms with Gasteiger partial charge in [-0.15, -0.1) is 0 Å². The highest BCUT2D eigenvalue weighted by Gasteiger charge is 2.21. The van der Waals surface area contributed by atoms with E-state index in [0.717, 1.165) is 5.57 Å². The first-order chi connectivity index (χ1) is 4.89. The van der Waals surface area contributed by atoms with Crippen molar-refractivity contribution in [2.75, 3.05) is 7.05 Å². The summed E-state index contributed by atoms with van der Waals surface area (Å²) in [5, 5.41) is 2.84. The van der Waals surface area contributed by atoms with Crippen molar-refractivity contribution < 1.29 is 4.79 Å². The molecule has 0 aliphatic rings. The van der Waals surface area contributed by atoms with Gasteiger partial charge in [0.15, 0.2) is 5.78 Å². The molecule has 0 aliphatic heterocycles. The largest absolute Gasteiger partial charge is 0.394 e. The van der Waals surface area contributed by atoms with Crippen molar-refractivity contribution in [3.8, 4) is 0 Å². The van der Waals surface area contributed by atoms with Gasteiger partial charge in [0.25, 0.3) is 0 Å². The molecule has 0 saturated carbocycles. The number of rotatable bonds is 2. The number of carbonyl (C=O) groups excluding carboxylic acids is 1. The maximum absolute atomic E-state index is 11.4. The van der Waals surface area contributed by atoms with E-state index in [2.05, 4.69) is 5.32 Å². The van der Waals surface area contributed by atoms with Crippen LogP contribution in [0.3, 0.4) is 0 Å². The monoisotopic (exact) mass is 155 g/mol. The van der Waals surface area contributed by atoms with Gasteiger partial charge in [0.2, 0.25) is 0 Å². The third-order valence-corrected chi connectivity index (χ3v) is 1.40. The van der Waals surface area contributed by atoms with Gasteiger partial charge in [-0.2, -0.15) is 0 Å². The lowest BCUT2D eigenvalue weighted by Crippen LogP contribution is -2.21. The van der Waals surface area contributed by atoms with Gasteiger partial charge in [0.1, 0.15) is 0 Å². The minimum absolute atomic E-state index is 0.187. The lowest BCUT2D eigenvalue weighted by Gasteiger charge is -2.16. The second-order valence-electron chi connectivity index (χ2n) is 3.70. The van der Waals surface area contributed by atoms with E-state index in [1.54, 1.807) is 13.2 Å². The maximum Gasteiger partial charge on any atom is 0.165 e. The molecule has 11 heavy (non-hydrogen) atoms. The van der Waals surface area contributed by atoms with Gasteiger partial charge in [-0.1, -0.05) is 20.8 Å².